The van der Waals surface area contributed by atoms with Crippen LogP contribution < -0.4 is 18.9 Å². The zero-order valence-electron chi connectivity index (χ0n) is 4.80. The molecule has 0 atom stereocenters. The van der Waals surface area contributed by atoms with Gasteiger partial charge in [0.25, 0.3) is 0 Å². The maximum Gasteiger partial charge on any atom is 1.00 e. The molecular weight excluding hydrogens is 101 g/mol. The Balaban J connectivity index is -0.00000000200. The summed E-state index contributed by atoms with van der Waals surface area (Å²) in [6.45, 7) is 0. The van der Waals surface area contributed by atoms with E-state index in [1.165, 1.54) is 5.34 Å². The molecule has 0 aromatic heterocycles. The van der Waals surface area contributed by atoms with E-state index < -0.39 is 0 Å². The summed E-state index contributed by atoms with van der Waals surface area (Å²) >= 11 is 0. The molecule has 0 rings (SSSR count). The molecule has 0 aromatic rings. The van der Waals surface area contributed by atoms with E-state index in [2.05, 4.69) is 0 Å². The second kappa shape index (κ2) is 182. The molecule has 44 valence electrons. The van der Waals surface area contributed by atoms with Crippen molar-refractivity contribution in [3.63, 3.8) is 0 Å². The third kappa shape index (κ3) is 5880. The van der Waals surface area contributed by atoms with E-state index in [0.29, 0.717) is 0 Å². The Hall–Kier alpha value is -0.123. The number of hydrogen-bond donors (Lipinski definition) is 1. The minimum absolute atomic E-state index is 0. The molecule has 0 aromatic carbocycles. The first-order valence-electron chi connectivity index (χ1n) is 0.383. The van der Waals surface area contributed by atoms with Gasteiger partial charge in [-0.25, -0.2) is 0 Å². The van der Waals surface area contributed by atoms with Crippen LogP contribution in [0.1, 0.15) is 1.43 Å². The van der Waals surface area contributed by atoms with Crippen LogP contribution in [0.25, 0.3) is 0 Å². The first-order valence-corrected chi connectivity index (χ1v) is 0.383. The molecule has 0 fully saturated rings. The summed E-state index contributed by atoms with van der Waals surface area (Å²) in [7, 11) is 0. The van der Waals surface area contributed by atoms with Gasteiger partial charge in [0.2, 0.25) is 0 Å². The molecule has 0 aliphatic rings. The maximum atomic E-state index is 8.11. The molecule has 0 amide bonds. The van der Waals surface area contributed by atoms with Gasteiger partial charge >= 0.3 is 18.9 Å². The van der Waals surface area contributed by atoms with Crippen molar-refractivity contribution in [2.75, 3.05) is 0 Å². The summed E-state index contributed by atoms with van der Waals surface area (Å²) in [6, 6.07) is 0. The number of rotatable bonds is 0. The third-order valence-corrected chi connectivity index (χ3v) is 0. The van der Waals surface area contributed by atoms with Crippen molar-refractivity contribution in [3.8, 4) is 0 Å². The summed E-state index contributed by atoms with van der Waals surface area (Å²) in [5.74, 6) is 0. The summed E-state index contributed by atoms with van der Waals surface area (Å²) in [6.07, 6.45) is 0. The molecule has 7 N–H and O–H groups in total. The third-order valence-electron chi connectivity index (χ3n) is 0. The van der Waals surface area contributed by atoms with Crippen molar-refractivity contribution in [1.29, 1.82) is 0 Å². The van der Waals surface area contributed by atoms with Crippen LogP contribution in [0.2, 0.25) is 0 Å². The molecule has 7 heavy (non-hydrogen) atoms. The molecule has 7 heteroatoms. The SMILES string of the molecule is O.O.O.O=NO.[H-].[Li+]. The van der Waals surface area contributed by atoms with Gasteiger partial charge in [0, 0.05) is 0 Å². The van der Waals surface area contributed by atoms with Crippen LogP contribution >= 0.6 is 0 Å². The van der Waals surface area contributed by atoms with Gasteiger partial charge in [-0.05, 0) is 0 Å². The van der Waals surface area contributed by atoms with Crippen molar-refractivity contribution in [2.24, 2.45) is 5.34 Å². The fourth-order valence-electron chi connectivity index (χ4n) is 0. The van der Waals surface area contributed by atoms with Crippen LogP contribution in [0.15, 0.2) is 5.34 Å². The molecule has 0 radical (unpaired) electrons. The first kappa shape index (κ1) is 67.4. The van der Waals surface area contributed by atoms with Crippen LogP contribution in [0.3, 0.4) is 0 Å². The Morgan fingerprint density at radius 3 is 1.29 bits per heavy atom. The van der Waals surface area contributed by atoms with Crippen molar-refractivity contribution < 1.29 is 41.9 Å². The van der Waals surface area contributed by atoms with Crippen molar-refractivity contribution >= 4 is 0 Å². The maximum absolute atomic E-state index is 8.11. The molecule has 0 aliphatic heterocycles. The molecule has 0 aliphatic carbocycles. The van der Waals surface area contributed by atoms with E-state index >= 15 is 0 Å². The molecule has 0 heterocycles. The Morgan fingerprint density at radius 2 is 1.29 bits per heavy atom. The van der Waals surface area contributed by atoms with Crippen molar-refractivity contribution in [1.82, 2.24) is 0 Å². The molecule has 0 unspecified atom stereocenters. The fraction of sp³-hybridized carbons (Fsp3) is 0. The standard InChI is InChI=1S/Li.HNO2.3H2O.H/c;2-1-3;;;;/h;(H,2,3);3*1H2;/q+1;;;;;-1. The van der Waals surface area contributed by atoms with Crippen molar-refractivity contribution in [2.45, 2.75) is 0 Å². The Morgan fingerprint density at radius 1 is 1.29 bits per heavy atom. The van der Waals surface area contributed by atoms with Gasteiger partial charge in [0.1, 0.15) is 0 Å². The zero-order chi connectivity index (χ0) is 2.71. The molecule has 0 spiro atoms. The minimum atomic E-state index is 0. The van der Waals surface area contributed by atoms with Gasteiger partial charge in [-0.1, -0.05) is 0 Å². The second-order valence-electron chi connectivity index (χ2n) is 0.0816. The quantitative estimate of drug-likeness (QED) is 0.188. The van der Waals surface area contributed by atoms with Gasteiger partial charge in [-0.2, -0.15) is 0 Å². The summed E-state index contributed by atoms with van der Waals surface area (Å²) < 4.78 is 0. The predicted octanol–water partition coefficient (Wildman–Crippen LogP) is -5.22. The van der Waals surface area contributed by atoms with Crippen LogP contribution in [0.5, 0.6) is 0 Å². The monoisotopic (exact) mass is 109 g/mol. The fourth-order valence-corrected chi connectivity index (χ4v) is 0. The molecule has 0 bridgehead atoms. The second-order valence-corrected chi connectivity index (χ2v) is 0.0816. The molecule has 0 saturated carbocycles. The molecular formula is H8LiNO5. The first-order chi connectivity index (χ1) is 1.41. The summed E-state index contributed by atoms with van der Waals surface area (Å²) in [5, 5.41) is 7.89. The Kier molecular flexibility index (Phi) is 1750. The molecule has 0 saturated heterocycles. The zero-order valence-corrected chi connectivity index (χ0v) is 3.80. The van der Waals surface area contributed by atoms with Gasteiger partial charge in [-0.15, -0.1) is 4.91 Å². The Labute approximate surface area is 53.0 Å². The van der Waals surface area contributed by atoms with Crippen LogP contribution in [0, 0.1) is 4.91 Å². The summed E-state index contributed by atoms with van der Waals surface area (Å²) in [5.41, 5.74) is 0. The minimum Gasteiger partial charge on any atom is -1.00 e. The van der Waals surface area contributed by atoms with Gasteiger partial charge in [-0.3, -0.25) is 0 Å². The normalized spacial score (nSPS) is 1.71. The van der Waals surface area contributed by atoms with Crippen LogP contribution in [0.4, 0.5) is 0 Å². The van der Waals surface area contributed by atoms with Gasteiger partial charge in [0.15, 0.2) is 5.34 Å². The van der Waals surface area contributed by atoms with E-state index in [-0.39, 0.29) is 36.7 Å². The van der Waals surface area contributed by atoms with Crippen LogP contribution in [-0.4, -0.2) is 21.6 Å². The van der Waals surface area contributed by atoms with Gasteiger partial charge in [0.05, 0.1) is 0 Å². The average molecular weight is 109 g/mol. The van der Waals surface area contributed by atoms with E-state index in [0.717, 1.165) is 0 Å². The number of hydrogen-bond acceptors (Lipinski definition) is 2. The van der Waals surface area contributed by atoms with E-state index in [1.54, 1.807) is 0 Å². The predicted molar refractivity (Wildman–Crippen MR) is 19.5 cm³/mol. The number of nitrogens with zero attached hydrogens (tertiary/aromatic N) is 1. The van der Waals surface area contributed by atoms with E-state index in [4.69, 9.17) is 10.1 Å². The Bertz CT molecular complexity index is 19.9. The smallest absolute Gasteiger partial charge is 1.00 e. The molecule has 6 nitrogen and oxygen atoms in total. The largest absolute Gasteiger partial charge is 1.00 e. The summed E-state index contributed by atoms with van der Waals surface area (Å²) in [4.78, 5) is 8.11. The topological polar surface area (TPSA) is 144 Å². The van der Waals surface area contributed by atoms with Gasteiger partial charge < -0.3 is 23.1 Å². The average Bonchev–Trinajstić information content (AvgIpc) is 0.918. The van der Waals surface area contributed by atoms with Crippen LogP contribution in [-0.2, 0) is 0 Å². The van der Waals surface area contributed by atoms with Crippen molar-refractivity contribution in [3.05, 3.63) is 4.91 Å². The van der Waals surface area contributed by atoms with E-state index in [1.807, 2.05) is 0 Å². The van der Waals surface area contributed by atoms with E-state index in [9.17, 15) is 0 Å².